The Balaban J connectivity index is 1.35. The molecule has 252 valence electrons. The molecular formula is C49H31N5. The van der Waals surface area contributed by atoms with E-state index in [2.05, 4.69) is 161 Å². The van der Waals surface area contributed by atoms with Crippen LogP contribution in [0.25, 0.3) is 99.9 Å². The normalized spacial score (nSPS) is 11.7. The lowest BCUT2D eigenvalue weighted by molar-refractivity contribution is 0.953. The summed E-state index contributed by atoms with van der Waals surface area (Å²) in [6, 6.07) is 66.2. The van der Waals surface area contributed by atoms with Gasteiger partial charge in [-0.3, -0.25) is 4.57 Å². The second-order valence-corrected chi connectivity index (χ2v) is 13.7. The van der Waals surface area contributed by atoms with Crippen LogP contribution < -0.4 is 0 Å². The molecule has 0 bridgehead atoms. The van der Waals surface area contributed by atoms with Gasteiger partial charge in [-0.2, -0.15) is 9.97 Å². The number of para-hydroxylation sites is 3. The summed E-state index contributed by atoms with van der Waals surface area (Å²) in [5.41, 5.74) is 9.61. The van der Waals surface area contributed by atoms with E-state index in [0.717, 1.165) is 49.7 Å². The first-order valence-corrected chi connectivity index (χ1v) is 18.2. The van der Waals surface area contributed by atoms with Crippen molar-refractivity contribution in [3.63, 3.8) is 0 Å². The Morgan fingerprint density at radius 2 is 0.907 bits per heavy atom. The minimum Gasteiger partial charge on any atom is -0.307 e. The molecular weight excluding hydrogens is 659 g/mol. The molecule has 0 amide bonds. The minimum atomic E-state index is 0.568. The van der Waals surface area contributed by atoms with Crippen molar-refractivity contribution >= 4 is 54.4 Å². The van der Waals surface area contributed by atoms with Crippen molar-refractivity contribution in [3.05, 3.63) is 188 Å². The van der Waals surface area contributed by atoms with E-state index < -0.39 is 0 Å². The van der Waals surface area contributed by atoms with Crippen LogP contribution in [0.5, 0.6) is 0 Å². The van der Waals surface area contributed by atoms with E-state index in [1.165, 1.54) is 32.7 Å². The van der Waals surface area contributed by atoms with E-state index in [1.54, 1.807) is 0 Å². The molecule has 0 saturated carbocycles. The van der Waals surface area contributed by atoms with Crippen molar-refractivity contribution in [2.75, 3.05) is 0 Å². The molecule has 0 saturated heterocycles. The standard InChI is InChI=1S/C49H31N5/c1-4-17-33(18-5-1)47-50-48(34-19-6-2-7-20-34)52-49(51-47)54-42-26-14-12-24-38(42)41-31-40(36-29-28-32-16-10-11-21-35(32)30-36)44-39-25-13-15-27-43(39)53(46(44)45(41)54)37-22-8-3-9-23-37/h1-31H. The third-order valence-corrected chi connectivity index (χ3v) is 10.5. The highest BCUT2D eigenvalue weighted by Gasteiger charge is 2.26. The SMILES string of the molecule is c1ccc(-c2nc(-c3ccccc3)nc(-n3c4ccccc4c4cc(-c5ccc6ccccc6c5)c5c6ccccc6n(-c6ccccc6)c5c43)n2)cc1. The van der Waals surface area contributed by atoms with E-state index in [1.807, 2.05) is 36.4 Å². The van der Waals surface area contributed by atoms with Crippen LogP contribution in [0.2, 0.25) is 0 Å². The summed E-state index contributed by atoms with van der Waals surface area (Å²) in [5, 5.41) is 7.06. The smallest absolute Gasteiger partial charge is 0.238 e. The molecule has 11 rings (SSSR count). The average Bonchev–Trinajstić information content (AvgIpc) is 3.77. The maximum Gasteiger partial charge on any atom is 0.238 e. The Kier molecular flexibility index (Phi) is 6.79. The summed E-state index contributed by atoms with van der Waals surface area (Å²) in [7, 11) is 0. The van der Waals surface area contributed by atoms with Crippen molar-refractivity contribution in [1.82, 2.24) is 24.1 Å². The van der Waals surface area contributed by atoms with Gasteiger partial charge >= 0.3 is 0 Å². The van der Waals surface area contributed by atoms with Gasteiger partial charge in [0.1, 0.15) is 0 Å². The Morgan fingerprint density at radius 1 is 0.352 bits per heavy atom. The lowest BCUT2D eigenvalue weighted by Crippen LogP contribution is -2.07. The van der Waals surface area contributed by atoms with Crippen LogP contribution in [0, 0.1) is 0 Å². The molecule has 0 fully saturated rings. The number of hydrogen-bond donors (Lipinski definition) is 0. The molecule has 0 aliphatic rings. The zero-order valence-corrected chi connectivity index (χ0v) is 29.1. The van der Waals surface area contributed by atoms with Crippen molar-refractivity contribution < 1.29 is 0 Å². The molecule has 0 aliphatic carbocycles. The second kappa shape index (κ2) is 12.1. The summed E-state index contributed by atoms with van der Waals surface area (Å²) in [5.74, 6) is 1.81. The van der Waals surface area contributed by atoms with Gasteiger partial charge in [0.2, 0.25) is 5.95 Å². The summed E-state index contributed by atoms with van der Waals surface area (Å²) < 4.78 is 4.68. The fourth-order valence-electron chi connectivity index (χ4n) is 8.13. The summed E-state index contributed by atoms with van der Waals surface area (Å²) in [4.78, 5) is 15.6. The maximum atomic E-state index is 5.28. The lowest BCUT2D eigenvalue weighted by Gasteiger charge is -2.14. The molecule has 0 N–H and O–H groups in total. The molecule has 8 aromatic carbocycles. The highest BCUT2D eigenvalue weighted by Crippen LogP contribution is 2.46. The van der Waals surface area contributed by atoms with E-state index in [9.17, 15) is 0 Å². The molecule has 11 aromatic rings. The second-order valence-electron chi connectivity index (χ2n) is 13.7. The van der Waals surface area contributed by atoms with Crippen LogP contribution in [-0.2, 0) is 0 Å². The van der Waals surface area contributed by atoms with Gasteiger partial charge in [0, 0.05) is 38.4 Å². The Hall–Kier alpha value is -7.37. The predicted molar refractivity (Wildman–Crippen MR) is 222 cm³/mol. The lowest BCUT2D eigenvalue weighted by atomic mass is 9.95. The Bertz CT molecular complexity index is 3140. The first-order valence-electron chi connectivity index (χ1n) is 18.2. The van der Waals surface area contributed by atoms with Gasteiger partial charge in [0.05, 0.1) is 22.1 Å². The summed E-state index contributed by atoms with van der Waals surface area (Å²) >= 11 is 0. The Labute approximate surface area is 311 Å². The monoisotopic (exact) mass is 689 g/mol. The van der Waals surface area contributed by atoms with Crippen LogP contribution in [-0.4, -0.2) is 24.1 Å². The number of benzene rings is 8. The topological polar surface area (TPSA) is 48.5 Å². The van der Waals surface area contributed by atoms with Gasteiger partial charge in [-0.05, 0) is 58.3 Å². The third kappa shape index (κ3) is 4.69. The zero-order chi connectivity index (χ0) is 35.6. The molecule has 0 aliphatic heterocycles. The van der Waals surface area contributed by atoms with E-state index in [4.69, 9.17) is 15.0 Å². The van der Waals surface area contributed by atoms with Crippen molar-refractivity contribution in [2.24, 2.45) is 0 Å². The van der Waals surface area contributed by atoms with Gasteiger partial charge in [-0.25, -0.2) is 4.98 Å². The van der Waals surface area contributed by atoms with Gasteiger partial charge in [-0.1, -0.05) is 152 Å². The maximum absolute atomic E-state index is 5.28. The quantitative estimate of drug-likeness (QED) is 0.181. The van der Waals surface area contributed by atoms with Crippen LogP contribution in [0.1, 0.15) is 0 Å². The van der Waals surface area contributed by atoms with Crippen LogP contribution in [0.15, 0.2) is 188 Å². The highest BCUT2D eigenvalue weighted by molar-refractivity contribution is 6.28. The highest BCUT2D eigenvalue weighted by atomic mass is 15.2. The summed E-state index contributed by atoms with van der Waals surface area (Å²) in [6.07, 6.45) is 0. The third-order valence-electron chi connectivity index (χ3n) is 10.5. The van der Waals surface area contributed by atoms with Gasteiger partial charge in [0.15, 0.2) is 11.6 Å². The van der Waals surface area contributed by atoms with Gasteiger partial charge in [0.25, 0.3) is 0 Å². The van der Waals surface area contributed by atoms with Crippen LogP contribution >= 0.6 is 0 Å². The van der Waals surface area contributed by atoms with E-state index in [-0.39, 0.29) is 0 Å². The largest absolute Gasteiger partial charge is 0.307 e. The number of hydrogen-bond acceptors (Lipinski definition) is 3. The Morgan fingerprint density at radius 3 is 1.59 bits per heavy atom. The number of nitrogens with zero attached hydrogens (tertiary/aromatic N) is 5. The fraction of sp³-hybridized carbons (Fsp3) is 0. The molecule has 0 radical (unpaired) electrons. The molecule has 0 unspecified atom stereocenters. The molecule has 0 spiro atoms. The summed E-state index contributed by atoms with van der Waals surface area (Å²) in [6.45, 7) is 0. The van der Waals surface area contributed by atoms with Gasteiger partial charge < -0.3 is 4.57 Å². The molecule has 3 aromatic heterocycles. The van der Waals surface area contributed by atoms with Crippen molar-refractivity contribution in [2.45, 2.75) is 0 Å². The fourth-order valence-corrected chi connectivity index (χ4v) is 8.13. The first-order chi connectivity index (χ1) is 26.8. The molecule has 5 nitrogen and oxygen atoms in total. The van der Waals surface area contributed by atoms with Crippen molar-refractivity contribution in [3.8, 4) is 45.5 Å². The molecule has 54 heavy (non-hydrogen) atoms. The van der Waals surface area contributed by atoms with Crippen LogP contribution in [0.3, 0.4) is 0 Å². The number of fused-ring (bicyclic) bond motifs is 8. The molecule has 5 heteroatoms. The molecule has 3 heterocycles. The predicted octanol–water partition coefficient (Wildman–Crippen LogP) is 12.2. The van der Waals surface area contributed by atoms with E-state index in [0.29, 0.717) is 17.6 Å². The first kappa shape index (κ1) is 30.3. The van der Waals surface area contributed by atoms with Crippen LogP contribution in [0.4, 0.5) is 0 Å². The van der Waals surface area contributed by atoms with Crippen molar-refractivity contribution in [1.29, 1.82) is 0 Å². The minimum absolute atomic E-state index is 0.568. The molecule has 0 atom stereocenters. The zero-order valence-electron chi connectivity index (χ0n) is 29.1. The average molecular weight is 690 g/mol. The number of rotatable bonds is 5. The van der Waals surface area contributed by atoms with E-state index >= 15 is 0 Å². The number of aromatic nitrogens is 5. The van der Waals surface area contributed by atoms with Gasteiger partial charge in [-0.15, -0.1) is 0 Å².